The Hall–Kier alpha value is -1.73. The first-order valence-corrected chi connectivity index (χ1v) is 6.50. The van der Waals surface area contributed by atoms with E-state index in [0.717, 1.165) is 0 Å². The van der Waals surface area contributed by atoms with Gasteiger partial charge < -0.3 is 10.2 Å². The minimum absolute atomic E-state index is 0.0694. The van der Waals surface area contributed by atoms with Crippen molar-refractivity contribution in [2.24, 2.45) is 5.92 Å². The predicted molar refractivity (Wildman–Crippen MR) is 77.3 cm³/mol. The maximum atomic E-state index is 11.7. The molecule has 5 heteroatoms. The van der Waals surface area contributed by atoms with Crippen LogP contribution in [0.5, 0.6) is 0 Å². The van der Waals surface area contributed by atoms with Gasteiger partial charge in [-0.1, -0.05) is 31.5 Å². The summed E-state index contributed by atoms with van der Waals surface area (Å²) in [6, 6.07) is 7.27. The van der Waals surface area contributed by atoms with E-state index in [0.29, 0.717) is 28.7 Å². The summed E-state index contributed by atoms with van der Waals surface area (Å²) in [7, 11) is 1.77. The van der Waals surface area contributed by atoms with Crippen LogP contribution >= 0.6 is 11.6 Å². The summed E-state index contributed by atoms with van der Waals surface area (Å²) in [5, 5.41) is 12.3. The molecule has 0 aliphatic carbocycles. The van der Waals surface area contributed by atoms with Gasteiger partial charge in [-0.05, 0) is 18.1 Å². The van der Waals surface area contributed by atoms with E-state index in [-0.39, 0.29) is 12.5 Å². The second-order valence-electron chi connectivity index (χ2n) is 4.80. The molecular formula is C14H18ClN3O. The number of nitrogens with one attached hydrogen (secondary N) is 1. The quantitative estimate of drug-likeness (QED) is 0.900. The van der Waals surface area contributed by atoms with Gasteiger partial charge in [0.25, 0.3) is 0 Å². The number of rotatable bonds is 5. The molecule has 1 rings (SSSR count). The van der Waals surface area contributed by atoms with Crippen molar-refractivity contribution in [2.45, 2.75) is 13.8 Å². The van der Waals surface area contributed by atoms with Crippen molar-refractivity contribution in [1.29, 1.82) is 5.26 Å². The zero-order chi connectivity index (χ0) is 14.4. The van der Waals surface area contributed by atoms with Crippen molar-refractivity contribution in [3.63, 3.8) is 0 Å². The number of carbonyl (C=O) groups excluding carboxylic acids is 1. The highest BCUT2D eigenvalue weighted by atomic mass is 35.5. The Morgan fingerprint density at radius 1 is 1.53 bits per heavy atom. The van der Waals surface area contributed by atoms with Crippen molar-refractivity contribution in [1.82, 2.24) is 5.32 Å². The number of hydrogen-bond donors (Lipinski definition) is 1. The molecule has 0 aromatic heterocycles. The first kappa shape index (κ1) is 15.3. The number of anilines is 1. The number of likely N-dealkylation sites (N-methyl/N-ethyl adjacent to an activating group) is 1. The van der Waals surface area contributed by atoms with Crippen LogP contribution in [0.1, 0.15) is 19.4 Å². The van der Waals surface area contributed by atoms with Crippen LogP contribution in [0.25, 0.3) is 0 Å². The molecule has 0 aliphatic heterocycles. The molecule has 0 spiro atoms. The largest absolute Gasteiger partial charge is 0.364 e. The highest BCUT2D eigenvalue weighted by Gasteiger charge is 2.13. The summed E-state index contributed by atoms with van der Waals surface area (Å²) in [5.74, 6) is 0.343. The summed E-state index contributed by atoms with van der Waals surface area (Å²) >= 11 is 5.96. The molecule has 0 unspecified atom stereocenters. The zero-order valence-corrected chi connectivity index (χ0v) is 12.2. The smallest absolute Gasteiger partial charge is 0.239 e. The Balaban J connectivity index is 2.74. The van der Waals surface area contributed by atoms with Gasteiger partial charge in [0.05, 0.1) is 22.8 Å². The molecule has 0 bridgehead atoms. The van der Waals surface area contributed by atoms with Gasteiger partial charge in [-0.25, -0.2) is 0 Å². The Bertz CT molecular complexity index is 494. The van der Waals surface area contributed by atoms with Gasteiger partial charge in [-0.2, -0.15) is 5.26 Å². The van der Waals surface area contributed by atoms with Crippen LogP contribution in [0.3, 0.4) is 0 Å². The summed E-state index contributed by atoms with van der Waals surface area (Å²) < 4.78 is 0. The molecule has 0 heterocycles. The second-order valence-corrected chi connectivity index (χ2v) is 5.21. The van der Waals surface area contributed by atoms with E-state index in [2.05, 4.69) is 11.4 Å². The van der Waals surface area contributed by atoms with Crippen LogP contribution in [0, 0.1) is 17.2 Å². The van der Waals surface area contributed by atoms with Gasteiger partial charge >= 0.3 is 0 Å². The maximum absolute atomic E-state index is 11.7. The van der Waals surface area contributed by atoms with Crippen LogP contribution in [0.2, 0.25) is 5.02 Å². The van der Waals surface area contributed by atoms with E-state index in [4.69, 9.17) is 16.9 Å². The summed E-state index contributed by atoms with van der Waals surface area (Å²) in [5.41, 5.74) is 1.05. The first-order chi connectivity index (χ1) is 8.95. The van der Waals surface area contributed by atoms with Crippen LogP contribution in [0.15, 0.2) is 18.2 Å². The highest BCUT2D eigenvalue weighted by Crippen LogP contribution is 2.25. The lowest BCUT2D eigenvalue weighted by Crippen LogP contribution is -2.37. The number of amides is 1. The lowest BCUT2D eigenvalue weighted by atomic mass is 10.2. The number of nitriles is 1. The van der Waals surface area contributed by atoms with Gasteiger partial charge in [0.15, 0.2) is 0 Å². The monoisotopic (exact) mass is 279 g/mol. The third-order valence-electron chi connectivity index (χ3n) is 2.60. The lowest BCUT2D eigenvalue weighted by Gasteiger charge is -2.20. The van der Waals surface area contributed by atoms with Gasteiger partial charge in [0, 0.05) is 13.6 Å². The topological polar surface area (TPSA) is 56.1 Å². The molecule has 1 amide bonds. The molecule has 19 heavy (non-hydrogen) atoms. The summed E-state index contributed by atoms with van der Waals surface area (Å²) in [6.07, 6.45) is 0. The number of halogens is 1. The highest BCUT2D eigenvalue weighted by molar-refractivity contribution is 6.32. The fraction of sp³-hybridized carbons (Fsp3) is 0.429. The third kappa shape index (κ3) is 4.46. The maximum Gasteiger partial charge on any atom is 0.239 e. The summed E-state index contributed by atoms with van der Waals surface area (Å²) in [6.45, 7) is 4.92. The number of carbonyl (C=O) groups is 1. The van der Waals surface area contributed by atoms with Crippen molar-refractivity contribution < 1.29 is 4.79 Å². The van der Waals surface area contributed by atoms with E-state index >= 15 is 0 Å². The van der Waals surface area contributed by atoms with Gasteiger partial charge in [0.2, 0.25) is 5.91 Å². The van der Waals surface area contributed by atoms with Gasteiger partial charge in [-0.3, -0.25) is 4.79 Å². The number of nitrogens with zero attached hydrogens (tertiary/aromatic N) is 2. The third-order valence-corrected chi connectivity index (χ3v) is 2.92. The zero-order valence-electron chi connectivity index (χ0n) is 11.4. The van der Waals surface area contributed by atoms with Gasteiger partial charge in [-0.15, -0.1) is 0 Å². The SMILES string of the molecule is CC(C)CNC(=O)CN(C)c1cccc(Cl)c1C#N. The Labute approximate surface area is 119 Å². The normalized spacial score (nSPS) is 10.1. The molecule has 1 aromatic carbocycles. The Morgan fingerprint density at radius 3 is 2.79 bits per heavy atom. The van der Waals surface area contributed by atoms with E-state index < -0.39 is 0 Å². The van der Waals surface area contributed by atoms with Crippen molar-refractivity contribution in [3.05, 3.63) is 28.8 Å². The fourth-order valence-corrected chi connectivity index (χ4v) is 1.83. The predicted octanol–water partition coefficient (Wildman–Crippen LogP) is 2.42. The fourth-order valence-electron chi connectivity index (χ4n) is 1.62. The molecule has 4 nitrogen and oxygen atoms in total. The molecule has 1 aromatic rings. The molecule has 0 radical (unpaired) electrons. The number of hydrogen-bond acceptors (Lipinski definition) is 3. The van der Waals surface area contributed by atoms with Crippen molar-refractivity contribution in [3.8, 4) is 6.07 Å². The molecule has 0 fully saturated rings. The van der Waals surface area contributed by atoms with Gasteiger partial charge in [0.1, 0.15) is 6.07 Å². The molecular weight excluding hydrogens is 262 g/mol. The standard InChI is InChI=1S/C14H18ClN3O/c1-10(2)8-17-14(19)9-18(3)13-6-4-5-12(15)11(13)7-16/h4-6,10H,8-9H2,1-3H3,(H,17,19). The van der Waals surface area contributed by atoms with E-state index in [1.165, 1.54) is 0 Å². The van der Waals surface area contributed by atoms with Crippen LogP contribution < -0.4 is 10.2 Å². The second kappa shape index (κ2) is 7.01. The lowest BCUT2D eigenvalue weighted by molar-refractivity contribution is -0.119. The molecule has 1 N–H and O–H groups in total. The Kier molecular flexibility index (Phi) is 5.65. The van der Waals surface area contributed by atoms with E-state index in [1.54, 1.807) is 30.1 Å². The van der Waals surface area contributed by atoms with Crippen molar-refractivity contribution >= 4 is 23.2 Å². The average molecular weight is 280 g/mol. The molecule has 0 aliphatic rings. The van der Waals surface area contributed by atoms with Crippen molar-refractivity contribution in [2.75, 3.05) is 25.0 Å². The van der Waals surface area contributed by atoms with E-state index in [1.807, 2.05) is 13.8 Å². The van der Waals surface area contributed by atoms with Crippen LogP contribution in [-0.4, -0.2) is 26.0 Å². The van der Waals surface area contributed by atoms with E-state index in [9.17, 15) is 4.79 Å². The molecule has 102 valence electrons. The summed E-state index contributed by atoms with van der Waals surface area (Å²) in [4.78, 5) is 13.5. The molecule has 0 saturated heterocycles. The first-order valence-electron chi connectivity index (χ1n) is 6.12. The minimum atomic E-state index is -0.0694. The number of benzene rings is 1. The Morgan fingerprint density at radius 2 is 2.21 bits per heavy atom. The minimum Gasteiger partial charge on any atom is -0.364 e. The van der Waals surface area contributed by atoms with Crippen LogP contribution in [0.4, 0.5) is 5.69 Å². The molecule has 0 saturated carbocycles. The van der Waals surface area contributed by atoms with Crippen LogP contribution in [-0.2, 0) is 4.79 Å². The molecule has 0 atom stereocenters. The average Bonchev–Trinajstić information content (AvgIpc) is 2.36.